The first-order chi connectivity index (χ1) is 12.0. The van der Waals surface area contributed by atoms with Crippen LogP contribution in [0.25, 0.3) is 36.2 Å². The van der Waals surface area contributed by atoms with Crippen molar-refractivity contribution in [3.05, 3.63) is 65.5 Å². The van der Waals surface area contributed by atoms with Gasteiger partial charge in [-0.25, -0.2) is 0 Å². The summed E-state index contributed by atoms with van der Waals surface area (Å²) in [7, 11) is 0. The van der Waals surface area contributed by atoms with Crippen LogP contribution in [0.3, 0.4) is 0 Å². The Morgan fingerprint density at radius 1 is 0.840 bits per heavy atom. The van der Waals surface area contributed by atoms with Crippen molar-refractivity contribution < 1.29 is 13.2 Å². The lowest BCUT2D eigenvalue weighted by Crippen LogP contribution is -2.04. The zero-order valence-corrected chi connectivity index (χ0v) is 14.3. The number of fused-ring (bicyclic) bond motifs is 5. The van der Waals surface area contributed by atoms with Gasteiger partial charge in [0.25, 0.3) is 0 Å². The molecule has 3 heterocycles. The van der Waals surface area contributed by atoms with Gasteiger partial charge in [0, 0.05) is 15.8 Å². The maximum Gasteiger partial charge on any atom is 0.416 e. The van der Waals surface area contributed by atoms with E-state index in [1.807, 2.05) is 23.6 Å². The predicted octanol–water partition coefficient (Wildman–Crippen LogP) is 7.08. The second kappa shape index (κ2) is 5.09. The third-order valence-electron chi connectivity index (χ3n) is 4.34. The van der Waals surface area contributed by atoms with E-state index < -0.39 is 11.7 Å². The molecule has 6 heteroatoms. The van der Waals surface area contributed by atoms with Gasteiger partial charge in [-0.15, -0.1) is 22.7 Å². The van der Waals surface area contributed by atoms with Crippen LogP contribution >= 0.6 is 22.7 Å². The maximum absolute atomic E-state index is 12.9. The summed E-state index contributed by atoms with van der Waals surface area (Å²) in [5.41, 5.74) is 2.23. The summed E-state index contributed by atoms with van der Waals surface area (Å²) < 4.78 is 44.2. The minimum atomic E-state index is -4.32. The summed E-state index contributed by atoms with van der Waals surface area (Å²) >= 11 is 3.39. The van der Waals surface area contributed by atoms with Crippen LogP contribution in [0.4, 0.5) is 13.2 Å². The molecule has 0 aliphatic rings. The normalized spacial score (nSPS) is 12.6. The molecule has 0 amide bonds. The van der Waals surface area contributed by atoms with E-state index in [1.165, 1.54) is 14.1 Å². The van der Waals surface area contributed by atoms with Gasteiger partial charge in [0.2, 0.25) is 0 Å². The molecule has 5 aromatic rings. The molecule has 0 unspecified atom stereocenters. The van der Waals surface area contributed by atoms with Gasteiger partial charge in [-0.05, 0) is 41.8 Å². The maximum atomic E-state index is 12.9. The van der Waals surface area contributed by atoms with E-state index in [-0.39, 0.29) is 0 Å². The second-order valence-corrected chi connectivity index (χ2v) is 7.76. The minimum absolute atomic E-state index is 0.628. The molecule has 0 N–H and O–H groups in total. The van der Waals surface area contributed by atoms with Crippen molar-refractivity contribution in [2.75, 3.05) is 0 Å². The molecule has 2 aromatic carbocycles. The van der Waals surface area contributed by atoms with Gasteiger partial charge in [0.15, 0.2) is 0 Å². The third-order valence-corrected chi connectivity index (χ3v) is 6.57. The summed E-state index contributed by atoms with van der Waals surface area (Å²) in [5.74, 6) is 0. The highest BCUT2D eigenvalue weighted by Crippen LogP contribution is 2.44. The minimum Gasteiger partial charge on any atom is -0.307 e. The van der Waals surface area contributed by atoms with Gasteiger partial charge < -0.3 is 4.57 Å². The molecule has 0 spiro atoms. The summed E-state index contributed by atoms with van der Waals surface area (Å²) in [6.45, 7) is 0. The third kappa shape index (κ3) is 2.14. The molecule has 0 fully saturated rings. The summed E-state index contributed by atoms with van der Waals surface area (Å²) in [5, 5.41) is 3.15. The highest BCUT2D eigenvalue weighted by molar-refractivity contribution is 7.30. The van der Waals surface area contributed by atoms with Gasteiger partial charge in [-0.3, -0.25) is 0 Å². The Bertz CT molecular complexity index is 1220. The molecule has 0 radical (unpaired) electrons. The monoisotopic (exact) mass is 373 g/mol. The van der Waals surface area contributed by atoms with Crippen LogP contribution < -0.4 is 0 Å². The van der Waals surface area contributed by atoms with Gasteiger partial charge in [0.05, 0.1) is 26.0 Å². The lowest BCUT2D eigenvalue weighted by Gasteiger charge is -2.10. The predicted molar refractivity (Wildman–Crippen MR) is 99.0 cm³/mol. The first kappa shape index (κ1) is 15.0. The number of benzene rings is 2. The van der Waals surface area contributed by atoms with Crippen molar-refractivity contribution in [2.45, 2.75) is 6.18 Å². The van der Waals surface area contributed by atoms with Crippen molar-refractivity contribution >= 4 is 53.2 Å². The van der Waals surface area contributed by atoms with E-state index in [0.29, 0.717) is 0 Å². The molecule has 5 rings (SSSR count). The highest BCUT2D eigenvalue weighted by atomic mass is 32.1. The van der Waals surface area contributed by atoms with Crippen LogP contribution in [-0.2, 0) is 6.18 Å². The molecule has 0 bridgehead atoms. The van der Waals surface area contributed by atoms with Crippen LogP contribution in [0.5, 0.6) is 0 Å². The van der Waals surface area contributed by atoms with Crippen LogP contribution in [0.2, 0.25) is 0 Å². The highest BCUT2D eigenvalue weighted by Gasteiger charge is 2.30. The van der Waals surface area contributed by atoms with Crippen LogP contribution in [0, 0.1) is 0 Å². The fraction of sp³-hybridized carbons (Fsp3) is 0.0526. The average molecular weight is 373 g/mol. The molecule has 124 valence electrons. The van der Waals surface area contributed by atoms with Crippen molar-refractivity contribution in [3.63, 3.8) is 0 Å². The van der Waals surface area contributed by atoms with E-state index >= 15 is 0 Å². The molecule has 0 aliphatic carbocycles. The molecule has 25 heavy (non-hydrogen) atoms. The number of halogens is 3. The molecule has 0 aliphatic heterocycles. The Morgan fingerprint density at radius 2 is 1.60 bits per heavy atom. The molecule has 0 saturated heterocycles. The number of hydrogen-bond acceptors (Lipinski definition) is 2. The van der Waals surface area contributed by atoms with Gasteiger partial charge in [-0.1, -0.05) is 18.2 Å². The largest absolute Gasteiger partial charge is 0.416 e. The summed E-state index contributed by atoms with van der Waals surface area (Å²) in [4.78, 5) is 0. The van der Waals surface area contributed by atoms with Crippen LogP contribution in [-0.4, -0.2) is 4.57 Å². The molecule has 0 saturated carbocycles. The molecule has 0 atom stereocenters. The van der Waals surface area contributed by atoms with Crippen molar-refractivity contribution in [2.24, 2.45) is 0 Å². The summed E-state index contributed by atoms with van der Waals surface area (Å²) in [6.07, 6.45) is -4.32. The topological polar surface area (TPSA) is 4.93 Å². The Hall–Kier alpha value is -2.31. The fourth-order valence-corrected chi connectivity index (χ4v) is 5.47. The first-order valence-electron chi connectivity index (χ1n) is 7.61. The number of nitrogens with zero attached hydrogens (tertiary/aromatic N) is 1. The number of rotatable bonds is 1. The van der Waals surface area contributed by atoms with E-state index in [4.69, 9.17) is 0 Å². The number of alkyl halides is 3. The average Bonchev–Trinajstić information content (AvgIpc) is 3.25. The Labute approximate surface area is 148 Å². The standard InChI is InChI=1S/C19H10F3NS2/c20-19(21,22)11-5-7-12(8-6-11)23-14-9-10-24-17(14)18-16(23)13-3-1-2-4-15(13)25-18/h1-10H. The van der Waals surface area contributed by atoms with Gasteiger partial charge in [-0.2, -0.15) is 13.2 Å². The quantitative estimate of drug-likeness (QED) is 0.296. The second-order valence-electron chi connectivity index (χ2n) is 5.79. The van der Waals surface area contributed by atoms with Gasteiger partial charge >= 0.3 is 6.18 Å². The molecule has 3 aromatic heterocycles. The lowest BCUT2D eigenvalue weighted by molar-refractivity contribution is -0.137. The van der Waals surface area contributed by atoms with Crippen LogP contribution in [0.1, 0.15) is 5.56 Å². The van der Waals surface area contributed by atoms with Crippen molar-refractivity contribution in [3.8, 4) is 5.69 Å². The molecule has 1 nitrogen and oxygen atoms in total. The SMILES string of the molecule is FC(F)(F)c1ccc(-n2c3ccsc3c3sc4ccccc4c32)cc1. The Balaban J connectivity index is 1.86. The van der Waals surface area contributed by atoms with E-state index in [2.05, 4.69) is 16.7 Å². The summed E-state index contributed by atoms with van der Waals surface area (Å²) in [6, 6.07) is 15.6. The lowest BCUT2D eigenvalue weighted by atomic mass is 10.2. The Morgan fingerprint density at radius 3 is 2.36 bits per heavy atom. The van der Waals surface area contributed by atoms with E-state index in [1.54, 1.807) is 34.8 Å². The zero-order chi connectivity index (χ0) is 17.2. The molecular formula is C19H10F3NS2. The Kier molecular flexibility index (Phi) is 3.05. The first-order valence-corrected chi connectivity index (χ1v) is 9.30. The van der Waals surface area contributed by atoms with E-state index in [0.717, 1.165) is 34.2 Å². The smallest absolute Gasteiger partial charge is 0.307 e. The van der Waals surface area contributed by atoms with Crippen molar-refractivity contribution in [1.29, 1.82) is 0 Å². The number of hydrogen-bond donors (Lipinski definition) is 0. The molecular weight excluding hydrogens is 363 g/mol. The fourth-order valence-electron chi connectivity index (χ4n) is 3.24. The number of aromatic nitrogens is 1. The van der Waals surface area contributed by atoms with Crippen LogP contribution in [0.15, 0.2) is 60.0 Å². The van der Waals surface area contributed by atoms with Gasteiger partial charge in [0.1, 0.15) is 0 Å². The van der Waals surface area contributed by atoms with E-state index in [9.17, 15) is 13.2 Å². The van der Waals surface area contributed by atoms with Crippen molar-refractivity contribution in [1.82, 2.24) is 4.57 Å². The zero-order valence-electron chi connectivity index (χ0n) is 12.7. The number of thiophene rings is 2.